The van der Waals surface area contributed by atoms with Crippen molar-refractivity contribution in [2.75, 3.05) is 13.1 Å². The third kappa shape index (κ3) is 3.27. The second kappa shape index (κ2) is 6.38. The summed E-state index contributed by atoms with van der Waals surface area (Å²) in [5.74, 6) is 0.778. The van der Waals surface area contributed by atoms with Crippen LogP contribution in [0.1, 0.15) is 44.0 Å². The van der Waals surface area contributed by atoms with Gasteiger partial charge in [0.1, 0.15) is 0 Å². The van der Waals surface area contributed by atoms with Gasteiger partial charge in [-0.1, -0.05) is 25.4 Å². The van der Waals surface area contributed by atoms with Gasteiger partial charge in [0.25, 0.3) is 0 Å². The molecule has 2 rings (SSSR count). The summed E-state index contributed by atoms with van der Waals surface area (Å²) in [6, 6.07) is 4.68. The zero-order chi connectivity index (χ0) is 13.1. The summed E-state index contributed by atoms with van der Waals surface area (Å²) in [6.07, 6.45) is 3.63. The van der Waals surface area contributed by atoms with Gasteiger partial charge >= 0.3 is 0 Å². The van der Waals surface area contributed by atoms with Crippen LogP contribution in [0.4, 0.5) is 0 Å². The summed E-state index contributed by atoms with van der Waals surface area (Å²) in [6.45, 7) is 6.83. The third-order valence-electron chi connectivity index (χ3n) is 3.84. The molecule has 3 unspecified atom stereocenters. The first-order valence-corrected chi connectivity index (χ1v) is 8.06. The molecule has 0 amide bonds. The second-order valence-corrected chi connectivity index (χ2v) is 7.15. The minimum atomic E-state index is 0.199. The van der Waals surface area contributed by atoms with Gasteiger partial charge in [0, 0.05) is 17.5 Å². The second-order valence-electron chi connectivity index (χ2n) is 5.40. The Kier molecular flexibility index (Phi) is 5.07. The van der Waals surface area contributed by atoms with E-state index in [2.05, 4.69) is 24.8 Å². The van der Waals surface area contributed by atoms with E-state index in [0.717, 1.165) is 29.8 Å². The standard InChI is InChI=1S/C14H23ClN2S/c1-3-11(16)14(12-6-7-13(15)18-12)17-8-4-5-10(2)9-17/h6-7,10-11,14H,3-5,8-9,16H2,1-2H3. The molecule has 0 spiro atoms. The molecule has 4 heteroatoms. The Morgan fingerprint density at radius 2 is 2.33 bits per heavy atom. The highest BCUT2D eigenvalue weighted by Crippen LogP contribution is 2.35. The van der Waals surface area contributed by atoms with Gasteiger partial charge in [0.05, 0.1) is 10.4 Å². The molecule has 0 aromatic carbocycles. The summed E-state index contributed by atoms with van der Waals surface area (Å²) in [7, 11) is 0. The van der Waals surface area contributed by atoms with E-state index in [1.54, 1.807) is 11.3 Å². The van der Waals surface area contributed by atoms with Crippen molar-refractivity contribution in [2.45, 2.75) is 45.2 Å². The van der Waals surface area contributed by atoms with Gasteiger partial charge in [-0.2, -0.15) is 0 Å². The van der Waals surface area contributed by atoms with E-state index in [4.69, 9.17) is 17.3 Å². The number of rotatable bonds is 4. The maximum Gasteiger partial charge on any atom is 0.0931 e. The molecule has 1 saturated heterocycles. The lowest BCUT2D eigenvalue weighted by Gasteiger charge is -2.39. The molecule has 1 aromatic rings. The van der Waals surface area contributed by atoms with Crippen LogP contribution in [-0.2, 0) is 0 Å². The molecule has 0 aliphatic carbocycles. The molecule has 2 nitrogen and oxygen atoms in total. The molecule has 2 heterocycles. The van der Waals surface area contributed by atoms with Crippen LogP contribution in [-0.4, -0.2) is 24.0 Å². The van der Waals surface area contributed by atoms with E-state index in [1.807, 2.05) is 6.07 Å². The molecule has 0 radical (unpaired) electrons. The minimum absolute atomic E-state index is 0.199. The van der Waals surface area contributed by atoms with Crippen molar-refractivity contribution in [3.63, 3.8) is 0 Å². The lowest BCUT2D eigenvalue weighted by Crippen LogP contribution is -2.44. The van der Waals surface area contributed by atoms with Crippen molar-refractivity contribution in [1.82, 2.24) is 4.90 Å². The van der Waals surface area contributed by atoms with Crippen molar-refractivity contribution in [3.8, 4) is 0 Å². The summed E-state index contributed by atoms with van der Waals surface area (Å²) < 4.78 is 0.864. The Morgan fingerprint density at radius 3 is 2.89 bits per heavy atom. The van der Waals surface area contributed by atoms with Crippen LogP contribution in [0.3, 0.4) is 0 Å². The smallest absolute Gasteiger partial charge is 0.0931 e. The Hall–Kier alpha value is -0.0900. The molecule has 102 valence electrons. The van der Waals surface area contributed by atoms with Gasteiger partial charge in [0.15, 0.2) is 0 Å². The Morgan fingerprint density at radius 1 is 1.56 bits per heavy atom. The topological polar surface area (TPSA) is 29.3 Å². The van der Waals surface area contributed by atoms with E-state index in [-0.39, 0.29) is 6.04 Å². The van der Waals surface area contributed by atoms with Crippen molar-refractivity contribution in [2.24, 2.45) is 11.7 Å². The summed E-state index contributed by atoms with van der Waals surface area (Å²) in [5.41, 5.74) is 6.36. The van der Waals surface area contributed by atoms with Crippen molar-refractivity contribution in [3.05, 3.63) is 21.3 Å². The third-order valence-corrected chi connectivity index (χ3v) is 5.15. The van der Waals surface area contributed by atoms with Gasteiger partial charge in [-0.25, -0.2) is 0 Å². The number of hydrogen-bond donors (Lipinski definition) is 1. The number of piperidine rings is 1. The highest BCUT2D eigenvalue weighted by atomic mass is 35.5. The largest absolute Gasteiger partial charge is 0.326 e. The molecule has 0 bridgehead atoms. The Balaban J connectivity index is 2.19. The molecule has 1 aliphatic heterocycles. The monoisotopic (exact) mass is 286 g/mol. The maximum atomic E-state index is 6.36. The van der Waals surface area contributed by atoms with Crippen LogP contribution in [0.25, 0.3) is 0 Å². The van der Waals surface area contributed by atoms with Gasteiger partial charge in [-0.3, -0.25) is 4.90 Å². The molecule has 18 heavy (non-hydrogen) atoms. The van der Waals surface area contributed by atoms with Crippen LogP contribution in [0.5, 0.6) is 0 Å². The normalized spacial score (nSPS) is 25.0. The first-order valence-electron chi connectivity index (χ1n) is 6.86. The number of nitrogens with zero attached hydrogens (tertiary/aromatic N) is 1. The minimum Gasteiger partial charge on any atom is -0.326 e. The van der Waals surface area contributed by atoms with Crippen LogP contribution < -0.4 is 5.73 Å². The maximum absolute atomic E-state index is 6.36. The predicted molar refractivity (Wildman–Crippen MR) is 80.3 cm³/mol. The fourth-order valence-corrected chi connectivity index (χ4v) is 4.12. The van der Waals surface area contributed by atoms with Crippen LogP contribution in [0.15, 0.2) is 12.1 Å². The summed E-state index contributed by atoms with van der Waals surface area (Å²) in [5, 5.41) is 0. The SMILES string of the molecule is CCC(N)C(c1ccc(Cl)s1)N1CCCC(C)C1. The van der Waals surface area contributed by atoms with Crippen LogP contribution in [0.2, 0.25) is 4.34 Å². The van der Waals surface area contributed by atoms with Crippen LogP contribution >= 0.6 is 22.9 Å². The van der Waals surface area contributed by atoms with Gasteiger partial charge < -0.3 is 5.73 Å². The summed E-state index contributed by atoms with van der Waals surface area (Å²) in [4.78, 5) is 3.88. The molecular formula is C14H23ClN2S. The zero-order valence-electron chi connectivity index (χ0n) is 11.2. The molecule has 3 atom stereocenters. The summed E-state index contributed by atoms with van der Waals surface area (Å²) >= 11 is 7.76. The lowest BCUT2D eigenvalue weighted by molar-refractivity contribution is 0.113. The number of hydrogen-bond acceptors (Lipinski definition) is 3. The molecule has 1 aliphatic rings. The first-order chi connectivity index (χ1) is 8.61. The number of thiophene rings is 1. The van der Waals surface area contributed by atoms with Gasteiger partial charge in [0.2, 0.25) is 0 Å². The van der Waals surface area contributed by atoms with E-state index < -0.39 is 0 Å². The van der Waals surface area contributed by atoms with E-state index >= 15 is 0 Å². The average molecular weight is 287 g/mol. The van der Waals surface area contributed by atoms with Crippen molar-refractivity contribution < 1.29 is 0 Å². The van der Waals surface area contributed by atoms with E-state index in [9.17, 15) is 0 Å². The zero-order valence-corrected chi connectivity index (χ0v) is 12.8. The van der Waals surface area contributed by atoms with E-state index in [1.165, 1.54) is 17.7 Å². The Bertz CT molecular complexity index is 380. The fourth-order valence-electron chi connectivity index (χ4n) is 2.85. The number of likely N-dealkylation sites (tertiary alicyclic amines) is 1. The highest BCUT2D eigenvalue weighted by Gasteiger charge is 2.29. The molecule has 2 N–H and O–H groups in total. The number of halogens is 1. The van der Waals surface area contributed by atoms with Gasteiger partial charge in [-0.05, 0) is 43.9 Å². The first kappa shape index (κ1) is 14.3. The predicted octanol–water partition coefficient (Wildman–Crippen LogP) is 3.91. The van der Waals surface area contributed by atoms with Crippen LogP contribution in [0, 0.1) is 5.92 Å². The Labute approximate surface area is 119 Å². The fraction of sp³-hybridized carbons (Fsp3) is 0.714. The lowest BCUT2D eigenvalue weighted by atomic mass is 9.95. The van der Waals surface area contributed by atoms with Crippen molar-refractivity contribution >= 4 is 22.9 Å². The quantitative estimate of drug-likeness (QED) is 0.909. The molecule has 1 aromatic heterocycles. The van der Waals surface area contributed by atoms with E-state index in [0.29, 0.717) is 6.04 Å². The molecule has 1 fully saturated rings. The molecule has 0 saturated carbocycles. The number of nitrogens with two attached hydrogens (primary N) is 1. The van der Waals surface area contributed by atoms with Gasteiger partial charge in [-0.15, -0.1) is 11.3 Å². The highest BCUT2D eigenvalue weighted by molar-refractivity contribution is 7.16. The average Bonchev–Trinajstić information content (AvgIpc) is 2.76. The van der Waals surface area contributed by atoms with Crippen molar-refractivity contribution in [1.29, 1.82) is 0 Å². The molecular weight excluding hydrogens is 264 g/mol.